The first-order valence-electron chi connectivity index (χ1n) is 12.1. The number of aromatic amines is 1. The Kier molecular flexibility index (Phi) is 6.60. The third-order valence-electron chi connectivity index (χ3n) is 6.86. The number of rotatable bonds is 7. The number of hydrogen-bond donors (Lipinski definition) is 2. The van der Waals surface area contributed by atoms with Gasteiger partial charge in [0.05, 0.1) is 17.0 Å². The number of primary sulfonamides is 1. The number of fused-ring (bicyclic) bond motifs is 1. The average Bonchev–Trinajstić information content (AvgIpc) is 3.44. The van der Waals surface area contributed by atoms with Gasteiger partial charge in [0.2, 0.25) is 15.9 Å². The number of nitrogens with two attached hydrogens (primary N) is 1. The molecule has 3 N–H and O–H groups in total. The van der Waals surface area contributed by atoms with Crippen LogP contribution in [0.25, 0.3) is 10.9 Å². The Bertz CT molecular complexity index is 1660. The van der Waals surface area contributed by atoms with Gasteiger partial charge in [0, 0.05) is 29.2 Å². The van der Waals surface area contributed by atoms with Crippen LogP contribution in [0.3, 0.4) is 0 Å². The first-order valence-corrected chi connectivity index (χ1v) is 13.6. The van der Waals surface area contributed by atoms with E-state index in [2.05, 4.69) is 4.98 Å². The quantitative estimate of drug-likeness (QED) is 0.354. The van der Waals surface area contributed by atoms with Gasteiger partial charge in [0.1, 0.15) is 6.04 Å². The molecular formula is C28H26N4O5S. The van der Waals surface area contributed by atoms with Crippen LogP contribution >= 0.6 is 0 Å². The summed E-state index contributed by atoms with van der Waals surface area (Å²) >= 11 is 0. The minimum atomic E-state index is -3.93. The molecule has 4 aromatic rings. The minimum Gasteiger partial charge on any atom is -0.361 e. The maximum Gasteiger partial charge on any atom is 0.257 e. The van der Waals surface area contributed by atoms with Crippen LogP contribution in [0.1, 0.15) is 27.9 Å². The zero-order valence-corrected chi connectivity index (χ0v) is 21.4. The monoisotopic (exact) mass is 530 g/mol. The number of aromatic nitrogens is 1. The van der Waals surface area contributed by atoms with Crippen LogP contribution < -0.4 is 10.0 Å². The van der Waals surface area contributed by atoms with Gasteiger partial charge < -0.3 is 9.88 Å². The summed E-state index contributed by atoms with van der Waals surface area (Å²) in [5.41, 5.74) is 3.41. The molecule has 1 aliphatic heterocycles. The number of hydrogen-bond acceptors (Lipinski definition) is 5. The van der Waals surface area contributed by atoms with Gasteiger partial charge in [0.25, 0.3) is 11.8 Å². The lowest BCUT2D eigenvalue weighted by atomic mass is 10.0. The second kappa shape index (κ2) is 9.88. The first kappa shape index (κ1) is 25.4. The van der Waals surface area contributed by atoms with E-state index in [4.69, 9.17) is 5.14 Å². The van der Waals surface area contributed by atoms with Crippen molar-refractivity contribution in [2.75, 3.05) is 11.4 Å². The Morgan fingerprint density at radius 3 is 2.42 bits per heavy atom. The van der Waals surface area contributed by atoms with E-state index in [0.29, 0.717) is 12.0 Å². The number of benzene rings is 3. The lowest BCUT2D eigenvalue weighted by Gasteiger charge is -2.28. The lowest BCUT2D eigenvalue weighted by molar-refractivity contribution is -0.122. The standard InChI is InChI=1S/C28H26N4O5S/c1-18-6-2-3-7-22(18)27(34)31(15-14-19-17-30-24-9-5-4-8-23(19)24)25-16-26(33)32(28(25)35)20-10-12-21(13-11-20)38(29,36)37/h2-13,17,25,30H,14-16H2,1H3,(H2,29,36,37). The van der Waals surface area contributed by atoms with Gasteiger partial charge in [-0.15, -0.1) is 0 Å². The van der Waals surface area contributed by atoms with Crippen molar-refractivity contribution in [2.45, 2.75) is 30.7 Å². The van der Waals surface area contributed by atoms with Crippen molar-refractivity contribution in [2.24, 2.45) is 5.14 Å². The summed E-state index contributed by atoms with van der Waals surface area (Å²) < 4.78 is 23.2. The highest BCUT2D eigenvalue weighted by Gasteiger charge is 2.44. The summed E-state index contributed by atoms with van der Waals surface area (Å²) in [6.07, 6.45) is 2.19. The van der Waals surface area contributed by atoms with Gasteiger partial charge in [-0.3, -0.25) is 14.4 Å². The molecule has 0 bridgehead atoms. The Hall–Kier alpha value is -4.28. The molecule has 0 spiro atoms. The number of carbonyl (C=O) groups is 3. The molecule has 1 fully saturated rings. The molecule has 3 aromatic carbocycles. The van der Waals surface area contributed by atoms with Crippen molar-refractivity contribution in [1.82, 2.24) is 9.88 Å². The van der Waals surface area contributed by atoms with Gasteiger partial charge in [-0.1, -0.05) is 36.4 Å². The van der Waals surface area contributed by atoms with E-state index < -0.39 is 27.9 Å². The van der Waals surface area contributed by atoms with Crippen molar-refractivity contribution in [3.63, 3.8) is 0 Å². The molecule has 2 heterocycles. The maximum absolute atomic E-state index is 13.8. The number of imide groups is 1. The highest BCUT2D eigenvalue weighted by molar-refractivity contribution is 7.89. The van der Waals surface area contributed by atoms with E-state index in [9.17, 15) is 22.8 Å². The molecule has 194 valence electrons. The summed E-state index contributed by atoms with van der Waals surface area (Å²) in [5.74, 6) is -1.35. The van der Waals surface area contributed by atoms with Gasteiger partial charge in [-0.25, -0.2) is 18.5 Å². The van der Waals surface area contributed by atoms with Crippen LogP contribution in [0.2, 0.25) is 0 Å². The summed E-state index contributed by atoms with van der Waals surface area (Å²) in [7, 11) is -3.93. The number of nitrogens with one attached hydrogen (secondary N) is 1. The molecule has 9 nitrogen and oxygen atoms in total. The molecule has 0 saturated carbocycles. The normalized spacial score (nSPS) is 15.8. The van der Waals surface area contributed by atoms with E-state index in [1.54, 1.807) is 12.1 Å². The molecule has 10 heteroatoms. The van der Waals surface area contributed by atoms with E-state index in [1.807, 2.05) is 49.5 Å². The maximum atomic E-state index is 13.8. The smallest absolute Gasteiger partial charge is 0.257 e. The second-order valence-electron chi connectivity index (χ2n) is 9.25. The van der Waals surface area contributed by atoms with Gasteiger partial charge in [-0.05, 0) is 60.9 Å². The Labute approximate surface area is 219 Å². The third kappa shape index (κ3) is 4.71. The second-order valence-corrected chi connectivity index (χ2v) is 10.8. The summed E-state index contributed by atoms with van der Waals surface area (Å²) in [6.45, 7) is 2.04. The van der Waals surface area contributed by atoms with Crippen molar-refractivity contribution in [3.8, 4) is 0 Å². The summed E-state index contributed by atoms with van der Waals surface area (Å²) in [6, 6.07) is 19.2. The molecule has 1 aromatic heterocycles. The summed E-state index contributed by atoms with van der Waals surface area (Å²) in [5, 5.41) is 6.19. The summed E-state index contributed by atoms with van der Waals surface area (Å²) in [4.78, 5) is 46.0. The number of H-pyrrole nitrogens is 1. The topological polar surface area (TPSA) is 134 Å². The fourth-order valence-corrected chi connectivity index (χ4v) is 5.38. The molecule has 1 unspecified atom stereocenters. The number of carbonyl (C=O) groups excluding carboxylic acids is 3. The fourth-order valence-electron chi connectivity index (χ4n) is 4.86. The molecule has 1 aliphatic rings. The number of amides is 3. The molecule has 38 heavy (non-hydrogen) atoms. The molecule has 5 rings (SSSR count). The predicted octanol–water partition coefficient (Wildman–Crippen LogP) is 3.14. The van der Waals surface area contributed by atoms with E-state index in [-0.39, 0.29) is 29.5 Å². The SMILES string of the molecule is Cc1ccccc1C(=O)N(CCc1c[nH]c2ccccc12)C1CC(=O)N(c2ccc(S(N)(=O)=O)cc2)C1=O. The average molecular weight is 531 g/mol. The van der Waals surface area contributed by atoms with Crippen molar-refractivity contribution in [3.05, 3.63) is 95.7 Å². The zero-order chi connectivity index (χ0) is 27.0. The van der Waals surface area contributed by atoms with Gasteiger partial charge in [0.15, 0.2) is 0 Å². The highest BCUT2D eigenvalue weighted by Crippen LogP contribution is 2.29. The number of aryl methyl sites for hydroxylation is 1. The molecule has 1 saturated heterocycles. The van der Waals surface area contributed by atoms with Gasteiger partial charge in [-0.2, -0.15) is 0 Å². The van der Waals surface area contributed by atoms with Crippen LogP contribution in [-0.4, -0.2) is 48.6 Å². The largest absolute Gasteiger partial charge is 0.361 e. The molecular weight excluding hydrogens is 504 g/mol. The highest BCUT2D eigenvalue weighted by atomic mass is 32.2. The van der Waals surface area contributed by atoms with Crippen molar-refractivity contribution < 1.29 is 22.8 Å². The number of anilines is 1. The first-order chi connectivity index (χ1) is 18.1. The Morgan fingerprint density at radius 1 is 1.03 bits per heavy atom. The van der Waals surface area contributed by atoms with Crippen LogP contribution in [0, 0.1) is 6.92 Å². The lowest BCUT2D eigenvalue weighted by Crippen LogP contribution is -2.46. The van der Waals surface area contributed by atoms with E-state index in [1.165, 1.54) is 29.2 Å². The number of para-hydroxylation sites is 1. The van der Waals surface area contributed by atoms with Crippen LogP contribution in [0.5, 0.6) is 0 Å². The molecule has 1 atom stereocenters. The Balaban J connectivity index is 1.46. The molecule has 0 aliphatic carbocycles. The van der Waals surface area contributed by atoms with Crippen molar-refractivity contribution in [1.29, 1.82) is 0 Å². The number of sulfonamides is 1. The minimum absolute atomic E-state index is 0.132. The third-order valence-corrected chi connectivity index (χ3v) is 7.79. The molecule has 0 radical (unpaired) electrons. The van der Waals surface area contributed by atoms with E-state index in [0.717, 1.165) is 26.9 Å². The van der Waals surface area contributed by atoms with Crippen LogP contribution in [0.4, 0.5) is 5.69 Å². The van der Waals surface area contributed by atoms with Crippen molar-refractivity contribution >= 4 is 44.3 Å². The van der Waals surface area contributed by atoms with Crippen LogP contribution in [0.15, 0.2) is 83.9 Å². The zero-order valence-electron chi connectivity index (χ0n) is 20.6. The number of nitrogens with zero attached hydrogens (tertiary/aromatic N) is 2. The molecule has 3 amide bonds. The van der Waals surface area contributed by atoms with Crippen LogP contribution in [-0.2, 0) is 26.0 Å². The fraction of sp³-hybridized carbons (Fsp3) is 0.179. The Morgan fingerprint density at radius 2 is 1.71 bits per heavy atom. The van der Waals surface area contributed by atoms with E-state index >= 15 is 0 Å². The van der Waals surface area contributed by atoms with Gasteiger partial charge >= 0.3 is 0 Å². The predicted molar refractivity (Wildman–Crippen MR) is 143 cm³/mol.